The summed E-state index contributed by atoms with van der Waals surface area (Å²) in [6.07, 6.45) is 6.49. The summed E-state index contributed by atoms with van der Waals surface area (Å²) in [5.41, 5.74) is 5.71. The van der Waals surface area contributed by atoms with Crippen molar-refractivity contribution in [3.63, 3.8) is 0 Å². The molecule has 3 rings (SSSR count). The van der Waals surface area contributed by atoms with E-state index < -0.39 is 10.0 Å². The Labute approximate surface area is 185 Å². The Morgan fingerprint density at radius 3 is 2.27 bits per heavy atom. The summed E-state index contributed by atoms with van der Waals surface area (Å²) < 4.78 is 27.1. The van der Waals surface area contributed by atoms with Gasteiger partial charge in [-0.15, -0.1) is 0 Å². The van der Waals surface area contributed by atoms with Crippen LogP contribution in [0.25, 0.3) is 0 Å². The van der Waals surface area contributed by atoms with Gasteiger partial charge in [-0.1, -0.05) is 20.3 Å². The van der Waals surface area contributed by atoms with Crippen molar-refractivity contribution in [3.05, 3.63) is 29.8 Å². The molecule has 2 fully saturated rings. The Morgan fingerprint density at radius 2 is 1.73 bits per heavy atom. The number of fused-ring (bicyclic) bond motifs is 2. The summed E-state index contributed by atoms with van der Waals surface area (Å²) >= 11 is 5.30. The monoisotopic (exact) mass is 452 g/mol. The van der Waals surface area contributed by atoms with E-state index in [1.165, 1.54) is 47.8 Å². The standard InChI is InChI=1S/C21H32N4O3S2/c1-3-11-25(12-4-2)30(27,28)18-9-7-16(8-10-18)20(26)23-24-21(29)22-19-14-15-5-6-17(19)13-15/h7-10,15,17,19H,3-6,11-14H2,1-2H3,(H,23,26)(H2,22,24,29)/t15-,17-,19-/m1/s1. The minimum absolute atomic E-state index is 0.197. The maximum absolute atomic E-state index is 12.8. The number of rotatable bonds is 8. The molecule has 0 aromatic heterocycles. The number of nitrogens with one attached hydrogen (secondary N) is 3. The lowest BCUT2D eigenvalue weighted by molar-refractivity contribution is 0.0943. The smallest absolute Gasteiger partial charge is 0.269 e. The van der Waals surface area contributed by atoms with E-state index in [1.807, 2.05) is 13.8 Å². The van der Waals surface area contributed by atoms with Crippen molar-refractivity contribution in [1.29, 1.82) is 0 Å². The molecular weight excluding hydrogens is 420 g/mol. The molecule has 0 unspecified atom stereocenters. The average molecular weight is 453 g/mol. The molecule has 0 heterocycles. The first-order chi connectivity index (χ1) is 14.3. The van der Waals surface area contributed by atoms with E-state index in [0.29, 0.717) is 35.7 Å². The average Bonchev–Trinajstić information content (AvgIpc) is 3.35. The molecule has 2 aliphatic carbocycles. The second-order valence-electron chi connectivity index (χ2n) is 8.26. The van der Waals surface area contributed by atoms with Gasteiger partial charge >= 0.3 is 0 Å². The highest BCUT2D eigenvalue weighted by Gasteiger charge is 2.39. The van der Waals surface area contributed by atoms with E-state index in [0.717, 1.165) is 25.2 Å². The first-order valence-electron chi connectivity index (χ1n) is 10.8. The molecule has 2 bridgehead atoms. The van der Waals surface area contributed by atoms with E-state index in [4.69, 9.17) is 12.2 Å². The van der Waals surface area contributed by atoms with Crippen LogP contribution in [0.3, 0.4) is 0 Å². The van der Waals surface area contributed by atoms with Crippen LogP contribution < -0.4 is 16.2 Å². The highest BCUT2D eigenvalue weighted by atomic mass is 32.2. The van der Waals surface area contributed by atoms with E-state index in [9.17, 15) is 13.2 Å². The predicted molar refractivity (Wildman–Crippen MR) is 121 cm³/mol. The lowest BCUT2D eigenvalue weighted by Gasteiger charge is -2.24. The second-order valence-corrected chi connectivity index (χ2v) is 10.6. The molecule has 1 aromatic rings. The van der Waals surface area contributed by atoms with Gasteiger partial charge in [0, 0.05) is 24.7 Å². The number of amides is 1. The lowest BCUT2D eigenvalue weighted by Crippen LogP contribution is -2.50. The van der Waals surface area contributed by atoms with Crippen LogP contribution in [-0.2, 0) is 10.0 Å². The molecule has 166 valence electrons. The zero-order valence-corrected chi connectivity index (χ0v) is 19.3. The fourth-order valence-corrected chi connectivity index (χ4v) is 6.42. The summed E-state index contributed by atoms with van der Waals surface area (Å²) in [5, 5.41) is 3.72. The van der Waals surface area contributed by atoms with Crippen LogP contribution >= 0.6 is 12.2 Å². The summed E-state index contributed by atoms with van der Waals surface area (Å²) in [6.45, 7) is 4.87. The molecule has 3 N–H and O–H groups in total. The molecule has 0 spiro atoms. The van der Waals surface area contributed by atoms with Gasteiger partial charge in [0.05, 0.1) is 4.90 Å². The van der Waals surface area contributed by atoms with Crippen LogP contribution in [-0.4, -0.2) is 42.9 Å². The fraction of sp³-hybridized carbons (Fsp3) is 0.619. The van der Waals surface area contributed by atoms with Crippen LogP contribution in [0.1, 0.15) is 62.7 Å². The second kappa shape index (κ2) is 10.1. The summed E-state index contributed by atoms with van der Waals surface area (Å²) in [6, 6.07) is 6.39. The summed E-state index contributed by atoms with van der Waals surface area (Å²) in [5.74, 6) is 1.13. The fourth-order valence-electron chi connectivity index (χ4n) is 4.59. The number of carbonyl (C=O) groups excluding carboxylic acids is 1. The summed E-state index contributed by atoms with van der Waals surface area (Å²) in [7, 11) is -3.56. The molecule has 0 radical (unpaired) electrons. The zero-order chi connectivity index (χ0) is 21.7. The molecule has 0 aliphatic heterocycles. The lowest BCUT2D eigenvalue weighted by atomic mass is 9.96. The number of hydrogen-bond acceptors (Lipinski definition) is 4. The van der Waals surface area contributed by atoms with Gasteiger partial charge in [0.1, 0.15) is 0 Å². The number of sulfonamides is 1. The van der Waals surface area contributed by atoms with E-state index in [-0.39, 0.29) is 10.8 Å². The van der Waals surface area contributed by atoms with Crippen LogP contribution in [0, 0.1) is 11.8 Å². The van der Waals surface area contributed by atoms with Crippen LogP contribution in [0.2, 0.25) is 0 Å². The number of benzene rings is 1. The number of hydrogen-bond donors (Lipinski definition) is 3. The Balaban J connectivity index is 1.53. The first kappa shape index (κ1) is 23.0. The Bertz CT molecular complexity index is 852. The van der Waals surface area contributed by atoms with Gasteiger partial charge in [0.2, 0.25) is 10.0 Å². The number of hydrazine groups is 1. The third-order valence-corrected chi connectivity index (χ3v) is 8.18. The molecule has 2 aliphatic rings. The number of carbonyl (C=O) groups is 1. The van der Waals surface area contributed by atoms with Gasteiger partial charge in [-0.2, -0.15) is 4.31 Å². The normalized spacial score (nSPS) is 22.8. The van der Waals surface area contributed by atoms with Crippen molar-refractivity contribution >= 4 is 33.3 Å². The van der Waals surface area contributed by atoms with Crippen LogP contribution in [0.4, 0.5) is 0 Å². The molecule has 30 heavy (non-hydrogen) atoms. The Morgan fingerprint density at radius 1 is 1.07 bits per heavy atom. The van der Waals surface area contributed by atoms with Crippen molar-refractivity contribution in [2.24, 2.45) is 11.8 Å². The van der Waals surface area contributed by atoms with Crippen LogP contribution in [0.15, 0.2) is 29.2 Å². The number of thiocarbonyl (C=S) groups is 1. The van der Waals surface area contributed by atoms with E-state index in [1.54, 1.807) is 0 Å². The molecule has 1 aromatic carbocycles. The molecule has 9 heteroatoms. The molecule has 2 saturated carbocycles. The van der Waals surface area contributed by atoms with Gasteiger partial charge in [-0.05, 0) is 80.4 Å². The largest absolute Gasteiger partial charge is 0.358 e. The van der Waals surface area contributed by atoms with Crippen LogP contribution in [0.5, 0.6) is 0 Å². The maximum atomic E-state index is 12.8. The predicted octanol–water partition coefficient (Wildman–Crippen LogP) is 2.79. The van der Waals surface area contributed by atoms with Crippen molar-refractivity contribution in [2.45, 2.75) is 63.3 Å². The van der Waals surface area contributed by atoms with Gasteiger partial charge in [-0.3, -0.25) is 15.6 Å². The van der Waals surface area contributed by atoms with Crippen molar-refractivity contribution in [3.8, 4) is 0 Å². The highest BCUT2D eigenvalue weighted by Crippen LogP contribution is 2.44. The quantitative estimate of drug-likeness (QED) is 0.415. The van der Waals surface area contributed by atoms with Gasteiger partial charge in [-0.25, -0.2) is 8.42 Å². The Hall–Kier alpha value is -1.71. The van der Waals surface area contributed by atoms with Crippen molar-refractivity contribution < 1.29 is 13.2 Å². The minimum atomic E-state index is -3.56. The number of nitrogens with zero attached hydrogens (tertiary/aromatic N) is 1. The minimum Gasteiger partial charge on any atom is -0.358 e. The van der Waals surface area contributed by atoms with E-state index in [2.05, 4.69) is 16.2 Å². The Kier molecular flexibility index (Phi) is 7.70. The van der Waals surface area contributed by atoms with E-state index >= 15 is 0 Å². The molecule has 7 nitrogen and oxygen atoms in total. The van der Waals surface area contributed by atoms with Crippen molar-refractivity contribution in [1.82, 2.24) is 20.5 Å². The molecular formula is C21H32N4O3S2. The summed E-state index contributed by atoms with van der Waals surface area (Å²) in [4.78, 5) is 12.6. The SMILES string of the molecule is CCCN(CCC)S(=O)(=O)c1ccc(C(=O)NNC(=S)N[C@@H]2C[C@@H]3CC[C@@H]2C3)cc1. The molecule has 1 amide bonds. The third-order valence-electron chi connectivity index (χ3n) is 6.04. The molecule has 3 atom stereocenters. The zero-order valence-electron chi connectivity index (χ0n) is 17.7. The van der Waals surface area contributed by atoms with Gasteiger partial charge in [0.25, 0.3) is 5.91 Å². The topological polar surface area (TPSA) is 90.5 Å². The van der Waals surface area contributed by atoms with Gasteiger partial charge in [0.15, 0.2) is 5.11 Å². The van der Waals surface area contributed by atoms with Crippen molar-refractivity contribution in [2.75, 3.05) is 13.1 Å². The third kappa shape index (κ3) is 5.31. The molecule has 0 saturated heterocycles. The highest BCUT2D eigenvalue weighted by molar-refractivity contribution is 7.89. The van der Waals surface area contributed by atoms with Gasteiger partial charge < -0.3 is 5.32 Å². The maximum Gasteiger partial charge on any atom is 0.269 e. The first-order valence-corrected chi connectivity index (χ1v) is 12.7.